The zero-order chi connectivity index (χ0) is 18.3. The fraction of sp³-hybridized carbons (Fsp3) is 0.471. The summed E-state index contributed by atoms with van der Waals surface area (Å²) in [6.45, 7) is 0.804. The van der Waals surface area contributed by atoms with Gasteiger partial charge in [0.25, 0.3) is 0 Å². The molecule has 2 aromatic rings. The molecule has 1 saturated carbocycles. The Morgan fingerprint density at radius 3 is 2.58 bits per heavy atom. The van der Waals surface area contributed by atoms with Crippen molar-refractivity contribution in [1.82, 2.24) is 19.3 Å². The molecule has 1 saturated heterocycles. The molecule has 1 unspecified atom stereocenters. The van der Waals surface area contributed by atoms with Crippen molar-refractivity contribution in [3.63, 3.8) is 0 Å². The van der Waals surface area contributed by atoms with E-state index in [9.17, 15) is 13.2 Å². The van der Waals surface area contributed by atoms with E-state index in [0.717, 1.165) is 18.5 Å². The first-order valence-corrected chi connectivity index (χ1v) is 10.0. The average Bonchev–Trinajstić information content (AvgIpc) is 3.18. The Hall–Kier alpha value is -2.26. The lowest BCUT2D eigenvalue weighted by Gasteiger charge is -2.16. The highest BCUT2D eigenvalue weighted by atomic mass is 32.2. The molecule has 0 bridgehead atoms. The minimum atomic E-state index is -3.61. The van der Waals surface area contributed by atoms with Crippen molar-refractivity contribution in [1.29, 1.82) is 0 Å². The van der Waals surface area contributed by atoms with Crippen molar-refractivity contribution in [3.8, 4) is 0 Å². The van der Waals surface area contributed by atoms with Gasteiger partial charge in [-0.1, -0.05) is 5.21 Å². The Labute approximate surface area is 151 Å². The van der Waals surface area contributed by atoms with Crippen molar-refractivity contribution < 1.29 is 17.9 Å². The molecule has 1 aromatic heterocycles. The molecule has 0 N–H and O–H groups in total. The number of aromatic nitrogens is 3. The van der Waals surface area contributed by atoms with Gasteiger partial charge in [-0.2, -0.15) is 4.31 Å². The number of carbonyl (C=O) groups is 1. The molecule has 26 heavy (non-hydrogen) atoms. The molecule has 4 rings (SSSR count). The molecule has 1 aliphatic heterocycles. The minimum absolute atomic E-state index is 0.000817. The minimum Gasteiger partial charge on any atom is -0.465 e. The Morgan fingerprint density at radius 1 is 1.19 bits per heavy atom. The van der Waals surface area contributed by atoms with Crippen LogP contribution >= 0.6 is 0 Å². The first-order valence-electron chi connectivity index (χ1n) is 8.59. The molecule has 0 amide bonds. The van der Waals surface area contributed by atoms with Crippen molar-refractivity contribution in [2.45, 2.75) is 36.1 Å². The zero-order valence-electron chi connectivity index (χ0n) is 14.4. The van der Waals surface area contributed by atoms with E-state index >= 15 is 0 Å². The fourth-order valence-corrected chi connectivity index (χ4v) is 4.70. The normalized spacial score (nSPS) is 21.0. The summed E-state index contributed by atoms with van der Waals surface area (Å²) in [5, 5.41) is 8.39. The van der Waals surface area contributed by atoms with Crippen molar-refractivity contribution >= 4 is 16.0 Å². The van der Waals surface area contributed by atoms with Crippen LogP contribution in [0.15, 0.2) is 35.4 Å². The summed E-state index contributed by atoms with van der Waals surface area (Å²) in [7, 11) is -2.32. The number of benzene rings is 1. The summed E-state index contributed by atoms with van der Waals surface area (Å²) in [4.78, 5) is 11.7. The van der Waals surface area contributed by atoms with Crippen molar-refractivity contribution in [2.24, 2.45) is 0 Å². The Bertz CT molecular complexity index is 918. The van der Waals surface area contributed by atoms with Crippen LogP contribution in [0.5, 0.6) is 0 Å². The second-order valence-corrected chi connectivity index (χ2v) is 8.66. The van der Waals surface area contributed by atoms with Crippen LogP contribution in [0, 0.1) is 0 Å². The Kier molecular flexibility index (Phi) is 4.28. The molecule has 2 heterocycles. The molecule has 0 radical (unpaired) electrons. The van der Waals surface area contributed by atoms with Gasteiger partial charge in [0, 0.05) is 25.2 Å². The first kappa shape index (κ1) is 17.2. The van der Waals surface area contributed by atoms with E-state index in [1.54, 1.807) is 4.68 Å². The fourth-order valence-electron chi connectivity index (χ4n) is 3.21. The van der Waals surface area contributed by atoms with E-state index in [1.807, 2.05) is 6.20 Å². The topological polar surface area (TPSA) is 94.4 Å². The number of ether oxygens (including phenoxy) is 1. The maximum Gasteiger partial charge on any atom is 0.337 e. The van der Waals surface area contributed by atoms with Gasteiger partial charge in [0.2, 0.25) is 10.0 Å². The van der Waals surface area contributed by atoms with E-state index in [4.69, 9.17) is 0 Å². The lowest BCUT2D eigenvalue weighted by molar-refractivity contribution is 0.0600. The van der Waals surface area contributed by atoms with Crippen LogP contribution in [0.3, 0.4) is 0 Å². The summed E-state index contributed by atoms with van der Waals surface area (Å²) >= 11 is 0. The van der Waals surface area contributed by atoms with Gasteiger partial charge < -0.3 is 4.74 Å². The number of esters is 1. The predicted molar refractivity (Wildman–Crippen MR) is 92.2 cm³/mol. The highest BCUT2D eigenvalue weighted by molar-refractivity contribution is 7.89. The van der Waals surface area contributed by atoms with Crippen LogP contribution in [0.2, 0.25) is 0 Å². The molecule has 138 valence electrons. The standard InChI is InChI=1S/C17H20N4O4S/c1-25-17(22)13-4-6-15(7-5-13)26(23,24)20-9-8-14(10-20)21-11-16(18-19-21)12-2-3-12/h4-7,11-12,14H,2-3,8-10H2,1H3. The number of sulfonamides is 1. The molecule has 2 aliphatic rings. The van der Waals surface area contributed by atoms with Crippen LogP contribution in [0.25, 0.3) is 0 Å². The Morgan fingerprint density at radius 2 is 1.92 bits per heavy atom. The van der Waals surface area contributed by atoms with Gasteiger partial charge >= 0.3 is 5.97 Å². The predicted octanol–water partition coefficient (Wildman–Crippen LogP) is 1.58. The largest absolute Gasteiger partial charge is 0.465 e. The van der Waals surface area contributed by atoms with E-state index in [1.165, 1.54) is 35.7 Å². The number of hydrogen-bond acceptors (Lipinski definition) is 6. The van der Waals surface area contributed by atoms with Gasteiger partial charge in [0.1, 0.15) is 0 Å². The van der Waals surface area contributed by atoms with Crippen molar-refractivity contribution in [3.05, 3.63) is 41.7 Å². The van der Waals surface area contributed by atoms with E-state index in [0.29, 0.717) is 31.0 Å². The van der Waals surface area contributed by atoms with Crippen LogP contribution in [-0.4, -0.2) is 53.9 Å². The van der Waals surface area contributed by atoms with Crippen molar-refractivity contribution in [2.75, 3.05) is 20.2 Å². The van der Waals surface area contributed by atoms with E-state index in [2.05, 4.69) is 15.0 Å². The van der Waals surface area contributed by atoms with Crippen LogP contribution in [0.4, 0.5) is 0 Å². The number of nitrogens with zero attached hydrogens (tertiary/aromatic N) is 4. The third-order valence-electron chi connectivity index (χ3n) is 4.94. The third kappa shape index (κ3) is 3.12. The first-order chi connectivity index (χ1) is 12.5. The van der Waals surface area contributed by atoms with E-state index < -0.39 is 16.0 Å². The van der Waals surface area contributed by atoms with Gasteiger partial charge in [-0.05, 0) is 43.5 Å². The second-order valence-electron chi connectivity index (χ2n) is 6.72. The highest BCUT2D eigenvalue weighted by Gasteiger charge is 2.35. The van der Waals surface area contributed by atoms with Gasteiger partial charge in [-0.25, -0.2) is 17.9 Å². The summed E-state index contributed by atoms with van der Waals surface area (Å²) in [6, 6.07) is 5.81. The Balaban J connectivity index is 1.48. The van der Waals surface area contributed by atoms with Gasteiger partial charge in [0.15, 0.2) is 0 Å². The third-order valence-corrected chi connectivity index (χ3v) is 6.82. The molecule has 8 nitrogen and oxygen atoms in total. The lowest BCUT2D eigenvalue weighted by atomic mass is 10.2. The summed E-state index contributed by atoms with van der Waals surface area (Å²) in [5.74, 6) is 0.0335. The van der Waals surface area contributed by atoms with Crippen LogP contribution in [-0.2, 0) is 14.8 Å². The maximum atomic E-state index is 12.8. The number of rotatable bonds is 5. The smallest absolute Gasteiger partial charge is 0.337 e. The summed E-state index contributed by atoms with van der Waals surface area (Å²) in [6.07, 6.45) is 4.97. The molecule has 9 heteroatoms. The SMILES string of the molecule is COC(=O)c1ccc(S(=O)(=O)N2CCC(n3cc(C4CC4)nn3)C2)cc1. The summed E-state index contributed by atoms with van der Waals surface area (Å²) < 4.78 is 33.6. The van der Waals surface area contributed by atoms with Gasteiger partial charge in [-0.15, -0.1) is 5.10 Å². The quantitative estimate of drug-likeness (QED) is 0.736. The summed E-state index contributed by atoms with van der Waals surface area (Å²) in [5.41, 5.74) is 1.32. The van der Waals surface area contributed by atoms with Gasteiger partial charge in [0.05, 0.1) is 29.3 Å². The number of methoxy groups -OCH3 is 1. The molecule has 2 fully saturated rings. The second kappa shape index (κ2) is 6.48. The highest BCUT2D eigenvalue weighted by Crippen LogP contribution is 2.39. The van der Waals surface area contributed by atoms with Crippen LogP contribution < -0.4 is 0 Å². The lowest BCUT2D eigenvalue weighted by Crippen LogP contribution is -2.29. The average molecular weight is 376 g/mol. The van der Waals surface area contributed by atoms with E-state index in [-0.39, 0.29) is 10.9 Å². The molecule has 1 aliphatic carbocycles. The molecule has 1 aromatic carbocycles. The monoisotopic (exact) mass is 376 g/mol. The molecular formula is C17H20N4O4S. The van der Waals surface area contributed by atoms with Crippen LogP contribution in [0.1, 0.15) is 47.3 Å². The molecule has 0 spiro atoms. The number of carbonyl (C=O) groups excluding carboxylic acids is 1. The van der Waals surface area contributed by atoms with Gasteiger partial charge in [-0.3, -0.25) is 0 Å². The zero-order valence-corrected chi connectivity index (χ0v) is 15.2. The maximum absolute atomic E-state index is 12.8. The molecule has 1 atom stereocenters. The molecular weight excluding hydrogens is 356 g/mol. The number of hydrogen-bond donors (Lipinski definition) is 0.